The van der Waals surface area contributed by atoms with E-state index in [4.69, 9.17) is 0 Å². The summed E-state index contributed by atoms with van der Waals surface area (Å²) in [5.41, 5.74) is 1.66. The monoisotopic (exact) mass is 411 g/mol. The average molecular weight is 412 g/mol. The van der Waals surface area contributed by atoms with E-state index in [1.54, 1.807) is 12.1 Å². The van der Waals surface area contributed by atoms with Crippen molar-refractivity contribution in [2.75, 3.05) is 32.1 Å². The standard InChI is InChI=1S/C19H19F2N3OS.ClH/c1-12-4-6-13(7-5-12)18(25)24(9-8-23(2)3)19-22-17-15(21)10-14(20)11-16(17)26-19;/h4-7,10-11H,8-9H2,1-3H3;1H. The molecule has 0 aliphatic carbocycles. The van der Waals surface area contributed by atoms with Crippen molar-refractivity contribution in [3.05, 3.63) is 59.2 Å². The minimum Gasteiger partial charge on any atom is -0.308 e. The molecule has 1 aromatic heterocycles. The average Bonchev–Trinajstić information content (AvgIpc) is 2.99. The zero-order chi connectivity index (χ0) is 18.8. The number of nitrogens with zero attached hydrogens (tertiary/aromatic N) is 3. The number of aromatic nitrogens is 1. The molecule has 0 unspecified atom stereocenters. The number of hydrogen-bond acceptors (Lipinski definition) is 4. The highest BCUT2D eigenvalue weighted by atomic mass is 35.5. The molecule has 3 aromatic rings. The molecule has 0 bridgehead atoms. The van der Waals surface area contributed by atoms with Gasteiger partial charge in [0.25, 0.3) is 5.91 Å². The number of halogens is 3. The predicted molar refractivity (Wildman–Crippen MR) is 108 cm³/mol. The van der Waals surface area contributed by atoms with Crippen LogP contribution in [0.2, 0.25) is 0 Å². The van der Waals surface area contributed by atoms with Crippen LogP contribution >= 0.6 is 23.7 Å². The van der Waals surface area contributed by atoms with E-state index >= 15 is 0 Å². The van der Waals surface area contributed by atoms with Gasteiger partial charge in [0.2, 0.25) is 0 Å². The molecule has 0 atom stereocenters. The summed E-state index contributed by atoms with van der Waals surface area (Å²) in [6.45, 7) is 2.96. The lowest BCUT2D eigenvalue weighted by atomic mass is 10.1. The fraction of sp³-hybridized carbons (Fsp3) is 0.263. The largest absolute Gasteiger partial charge is 0.308 e. The molecule has 0 saturated carbocycles. The van der Waals surface area contributed by atoms with Crippen LogP contribution < -0.4 is 4.90 Å². The van der Waals surface area contributed by atoms with Crippen LogP contribution in [0.25, 0.3) is 10.2 Å². The first-order valence-corrected chi connectivity index (χ1v) is 8.95. The number of thiazole rings is 1. The van der Waals surface area contributed by atoms with E-state index in [1.165, 1.54) is 11.0 Å². The maximum atomic E-state index is 14.0. The first kappa shape index (κ1) is 21.2. The fourth-order valence-corrected chi connectivity index (χ4v) is 3.53. The van der Waals surface area contributed by atoms with Gasteiger partial charge in [0.05, 0.1) is 4.70 Å². The summed E-state index contributed by atoms with van der Waals surface area (Å²) >= 11 is 1.11. The van der Waals surface area contributed by atoms with Crippen LogP contribution in [0.5, 0.6) is 0 Å². The van der Waals surface area contributed by atoms with Gasteiger partial charge < -0.3 is 4.90 Å². The molecule has 1 heterocycles. The van der Waals surface area contributed by atoms with Crippen molar-refractivity contribution in [1.29, 1.82) is 0 Å². The predicted octanol–water partition coefficient (Wildman–Crippen LogP) is 4.51. The van der Waals surface area contributed by atoms with Crippen molar-refractivity contribution in [3.8, 4) is 0 Å². The summed E-state index contributed by atoms with van der Waals surface area (Å²) < 4.78 is 27.9. The van der Waals surface area contributed by atoms with E-state index in [0.717, 1.165) is 23.0 Å². The molecule has 144 valence electrons. The Morgan fingerprint density at radius 3 is 2.41 bits per heavy atom. The summed E-state index contributed by atoms with van der Waals surface area (Å²) in [6, 6.07) is 9.29. The third-order valence-electron chi connectivity index (χ3n) is 3.95. The number of likely N-dealkylation sites (N-methyl/N-ethyl adjacent to an activating group) is 1. The maximum absolute atomic E-state index is 14.0. The van der Waals surface area contributed by atoms with Gasteiger partial charge in [-0.15, -0.1) is 12.4 Å². The number of hydrogen-bond donors (Lipinski definition) is 0. The molecule has 3 rings (SSSR count). The summed E-state index contributed by atoms with van der Waals surface area (Å²) in [5.74, 6) is -1.60. The highest BCUT2D eigenvalue weighted by Crippen LogP contribution is 2.31. The minimum absolute atomic E-state index is 0. The van der Waals surface area contributed by atoms with E-state index in [9.17, 15) is 13.6 Å². The van der Waals surface area contributed by atoms with Crippen LogP contribution in [0.3, 0.4) is 0 Å². The molecule has 0 fully saturated rings. The molecule has 0 spiro atoms. The summed E-state index contributed by atoms with van der Waals surface area (Å²) in [7, 11) is 3.81. The Balaban J connectivity index is 0.00000261. The molecule has 0 N–H and O–H groups in total. The minimum atomic E-state index is -0.724. The summed E-state index contributed by atoms with van der Waals surface area (Å²) in [4.78, 5) is 20.7. The molecule has 2 aromatic carbocycles. The zero-order valence-electron chi connectivity index (χ0n) is 15.2. The number of anilines is 1. The maximum Gasteiger partial charge on any atom is 0.260 e. The lowest BCUT2D eigenvalue weighted by molar-refractivity contribution is 0.0985. The number of fused-ring (bicyclic) bond motifs is 1. The second-order valence-electron chi connectivity index (χ2n) is 6.36. The Morgan fingerprint density at radius 2 is 1.78 bits per heavy atom. The zero-order valence-corrected chi connectivity index (χ0v) is 16.8. The van der Waals surface area contributed by atoms with Crippen molar-refractivity contribution in [3.63, 3.8) is 0 Å². The molecule has 1 amide bonds. The fourth-order valence-electron chi connectivity index (χ4n) is 2.50. The van der Waals surface area contributed by atoms with Crippen molar-refractivity contribution in [2.24, 2.45) is 0 Å². The Kier molecular flexibility index (Phi) is 6.86. The van der Waals surface area contributed by atoms with Gasteiger partial charge in [0, 0.05) is 24.7 Å². The third-order valence-corrected chi connectivity index (χ3v) is 4.97. The Labute approximate surface area is 166 Å². The van der Waals surface area contributed by atoms with Gasteiger partial charge >= 0.3 is 0 Å². The molecular weight excluding hydrogens is 392 g/mol. The highest BCUT2D eigenvalue weighted by molar-refractivity contribution is 7.22. The van der Waals surface area contributed by atoms with Gasteiger partial charge in [0.15, 0.2) is 10.9 Å². The van der Waals surface area contributed by atoms with E-state index in [-0.39, 0.29) is 23.8 Å². The van der Waals surface area contributed by atoms with Gasteiger partial charge in [0.1, 0.15) is 11.3 Å². The molecule has 27 heavy (non-hydrogen) atoms. The number of rotatable bonds is 5. The molecular formula is C19H20ClF2N3OS. The molecule has 8 heteroatoms. The van der Waals surface area contributed by atoms with Crippen LogP contribution in [0.4, 0.5) is 13.9 Å². The number of carbonyl (C=O) groups excluding carboxylic acids is 1. The lowest BCUT2D eigenvalue weighted by Crippen LogP contribution is -2.36. The Hall–Kier alpha value is -2.09. The van der Waals surface area contributed by atoms with Crippen LogP contribution in [0.15, 0.2) is 36.4 Å². The van der Waals surface area contributed by atoms with E-state index in [1.807, 2.05) is 38.1 Å². The molecule has 4 nitrogen and oxygen atoms in total. The molecule has 0 saturated heterocycles. The molecule has 0 radical (unpaired) electrons. The van der Waals surface area contributed by atoms with Gasteiger partial charge in [-0.05, 0) is 39.2 Å². The molecule has 0 aliphatic heterocycles. The Morgan fingerprint density at radius 1 is 1.11 bits per heavy atom. The number of amides is 1. The molecule has 0 aliphatic rings. The smallest absolute Gasteiger partial charge is 0.260 e. The normalized spacial score (nSPS) is 10.9. The van der Waals surface area contributed by atoms with Crippen molar-refractivity contribution in [1.82, 2.24) is 9.88 Å². The topological polar surface area (TPSA) is 36.4 Å². The Bertz CT molecular complexity index is 944. The van der Waals surface area contributed by atoms with Crippen LogP contribution in [-0.2, 0) is 0 Å². The van der Waals surface area contributed by atoms with Crippen molar-refractivity contribution < 1.29 is 13.6 Å². The number of aryl methyl sites for hydroxylation is 1. The lowest BCUT2D eigenvalue weighted by Gasteiger charge is -2.22. The first-order chi connectivity index (χ1) is 12.3. The first-order valence-electron chi connectivity index (χ1n) is 8.14. The van der Waals surface area contributed by atoms with Crippen molar-refractivity contribution >= 4 is 45.0 Å². The number of carbonyl (C=O) groups is 1. The second kappa shape index (κ2) is 8.73. The summed E-state index contributed by atoms with van der Waals surface area (Å²) in [5, 5.41) is 0.358. The third kappa shape index (κ3) is 4.80. The highest BCUT2D eigenvalue weighted by Gasteiger charge is 2.22. The van der Waals surface area contributed by atoms with Crippen LogP contribution in [0.1, 0.15) is 15.9 Å². The number of benzene rings is 2. The van der Waals surface area contributed by atoms with Gasteiger partial charge in [-0.3, -0.25) is 9.69 Å². The van der Waals surface area contributed by atoms with Crippen LogP contribution in [-0.4, -0.2) is 43.0 Å². The SMILES string of the molecule is Cc1ccc(C(=O)N(CCN(C)C)c2nc3c(F)cc(F)cc3s2)cc1.Cl. The van der Waals surface area contributed by atoms with E-state index in [2.05, 4.69) is 4.98 Å². The van der Waals surface area contributed by atoms with Crippen molar-refractivity contribution in [2.45, 2.75) is 6.92 Å². The van der Waals surface area contributed by atoms with Gasteiger partial charge in [-0.25, -0.2) is 13.8 Å². The van der Waals surface area contributed by atoms with E-state index < -0.39 is 11.6 Å². The van der Waals surface area contributed by atoms with Gasteiger partial charge in [-0.2, -0.15) is 0 Å². The van der Waals surface area contributed by atoms with E-state index in [0.29, 0.717) is 28.5 Å². The van der Waals surface area contributed by atoms with Gasteiger partial charge in [-0.1, -0.05) is 29.0 Å². The quantitative estimate of drug-likeness (QED) is 0.619. The summed E-state index contributed by atoms with van der Waals surface area (Å²) in [6.07, 6.45) is 0. The van der Waals surface area contributed by atoms with Crippen LogP contribution in [0, 0.1) is 18.6 Å². The second-order valence-corrected chi connectivity index (χ2v) is 7.37.